The van der Waals surface area contributed by atoms with Crippen molar-refractivity contribution in [1.29, 1.82) is 0 Å². The highest BCUT2D eigenvalue weighted by molar-refractivity contribution is 14.1. The summed E-state index contributed by atoms with van der Waals surface area (Å²) in [4.78, 5) is 0. The van der Waals surface area contributed by atoms with Gasteiger partial charge in [-0.3, -0.25) is 0 Å². The summed E-state index contributed by atoms with van der Waals surface area (Å²) in [7, 11) is 0. The maximum absolute atomic E-state index is 5.70. The normalized spacial score (nSPS) is 14.9. The molecule has 17 heavy (non-hydrogen) atoms. The predicted octanol–water partition coefficient (Wildman–Crippen LogP) is 3.59. The van der Waals surface area contributed by atoms with Gasteiger partial charge in [0.2, 0.25) is 0 Å². The average Bonchev–Trinajstić information content (AvgIpc) is 3.12. The lowest BCUT2D eigenvalue weighted by Crippen LogP contribution is -2.17. The van der Waals surface area contributed by atoms with Gasteiger partial charge in [-0.1, -0.05) is 6.07 Å². The van der Waals surface area contributed by atoms with Crippen LogP contribution in [0.25, 0.3) is 0 Å². The van der Waals surface area contributed by atoms with Gasteiger partial charge in [0.25, 0.3) is 0 Å². The van der Waals surface area contributed by atoms with Gasteiger partial charge in [0.05, 0.1) is 6.61 Å². The van der Waals surface area contributed by atoms with Gasteiger partial charge in [-0.15, -0.1) is 0 Å². The summed E-state index contributed by atoms with van der Waals surface area (Å²) >= 11 is 2.31. The first-order chi connectivity index (χ1) is 8.34. The second-order valence-electron chi connectivity index (χ2n) is 4.59. The molecular formula is C14H20INO. The molecule has 0 radical (unpaired) electrons. The topological polar surface area (TPSA) is 21.3 Å². The van der Waals surface area contributed by atoms with Gasteiger partial charge in [-0.25, -0.2) is 0 Å². The lowest BCUT2D eigenvalue weighted by molar-refractivity contribution is 0.304. The molecule has 2 rings (SSSR count). The molecule has 1 saturated carbocycles. The van der Waals surface area contributed by atoms with Gasteiger partial charge in [0.15, 0.2) is 0 Å². The first-order valence-corrected chi connectivity index (χ1v) is 7.54. The summed E-state index contributed by atoms with van der Waals surface area (Å²) in [6, 6.07) is 9.07. The molecule has 0 spiro atoms. The predicted molar refractivity (Wildman–Crippen MR) is 79.5 cm³/mol. The highest BCUT2D eigenvalue weighted by atomic mass is 127. The fraction of sp³-hybridized carbons (Fsp3) is 0.571. The third-order valence-electron chi connectivity index (χ3n) is 2.90. The van der Waals surface area contributed by atoms with Crippen molar-refractivity contribution < 1.29 is 4.74 Å². The van der Waals surface area contributed by atoms with E-state index in [1.165, 1.54) is 35.8 Å². The van der Waals surface area contributed by atoms with Crippen molar-refractivity contribution in [3.05, 3.63) is 27.8 Å². The second-order valence-corrected chi connectivity index (χ2v) is 5.84. The van der Waals surface area contributed by atoms with Crippen molar-refractivity contribution in [2.75, 3.05) is 13.2 Å². The number of halogens is 1. The number of ether oxygens (including phenoxy) is 1. The van der Waals surface area contributed by atoms with Gasteiger partial charge in [-0.2, -0.15) is 0 Å². The molecule has 94 valence electrons. The Hall–Kier alpha value is -0.290. The van der Waals surface area contributed by atoms with Crippen LogP contribution in [-0.4, -0.2) is 19.2 Å². The van der Waals surface area contributed by atoms with Crippen LogP contribution >= 0.6 is 22.6 Å². The van der Waals surface area contributed by atoms with Crippen molar-refractivity contribution >= 4 is 22.6 Å². The number of benzene rings is 1. The Morgan fingerprint density at radius 2 is 2.12 bits per heavy atom. The third kappa shape index (κ3) is 5.73. The van der Waals surface area contributed by atoms with Crippen molar-refractivity contribution in [1.82, 2.24) is 5.32 Å². The smallest absolute Gasteiger partial charge is 0.120 e. The maximum atomic E-state index is 5.70. The van der Waals surface area contributed by atoms with E-state index >= 15 is 0 Å². The lowest BCUT2D eigenvalue weighted by Gasteiger charge is -2.06. The number of hydrogen-bond donors (Lipinski definition) is 1. The summed E-state index contributed by atoms with van der Waals surface area (Å²) in [5.74, 6) is 0.994. The van der Waals surface area contributed by atoms with Gasteiger partial charge in [0.1, 0.15) is 5.75 Å². The fourth-order valence-corrected chi connectivity index (χ4v) is 2.26. The fourth-order valence-electron chi connectivity index (χ4n) is 1.74. The van der Waals surface area contributed by atoms with Crippen LogP contribution in [0.1, 0.15) is 32.1 Å². The molecule has 1 aromatic carbocycles. The van der Waals surface area contributed by atoms with Crippen LogP contribution in [0.4, 0.5) is 0 Å². The van der Waals surface area contributed by atoms with Crippen LogP contribution in [0.3, 0.4) is 0 Å². The van der Waals surface area contributed by atoms with E-state index in [0.29, 0.717) is 0 Å². The average molecular weight is 345 g/mol. The van der Waals surface area contributed by atoms with E-state index in [1.807, 2.05) is 12.1 Å². The molecule has 0 atom stereocenters. The zero-order valence-corrected chi connectivity index (χ0v) is 12.3. The zero-order chi connectivity index (χ0) is 11.9. The minimum Gasteiger partial charge on any atom is -0.494 e. The Kier molecular flexibility index (Phi) is 5.58. The van der Waals surface area contributed by atoms with E-state index in [1.54, 1.807) is 0 Å². The molecule has 1 fully saturated rings. The van der Waals surface area contributed by atoms with Crippen molar-refractivity contribution in [3.63, 3.8) is 0 Å². The maximum Gasteiger partial charge on any atom is 0.120 e. The van der Waals surface area contributed by atoms with Gasteiger partial charge < -0.3 is 10.1 Å². The minimum atomic E-state index is 0.837. The molecular weight excluding hydrogens is 325 g/mol. The minimum absolute atomic E-state index is 0.837. The number of hydrogen-bond acceptors (Lipinski definition) is 2. The Balaban J connectivity index is 1.47. The summed E-state index contributed by atoms with van der Waals surface area (Å²) in [5.41, 5.74) is 0. The summed E-state index contributed by atoms with van der Waals surface area (Å²) < 4.78 is 6.93. The Morgan fingerprint density at radius 3 is 2.88 bits per heavy atom. The SMILES string of the molecule is Ic1cccc(OCCCCCNC2CC2)c1. The highest BCUT2D eigenvalue weighted by Crippen LogP contribution is 2.18. The molecule has 3 heteroatoms. The molecule has 0 bridgehead atoms. The van der Waals surface area contributed by atoms with Gasteiger partial charge >= 0.3 is 0 Å². The van der Waals surface area contributed by atoms with Crippen LogP contribution in [0, 0.1) is 3.57 Å². The summed E-state index contributed by atoms with van der Waals surface area (Å²) in [5, 5.41) is 3.53. The molecule has 0 aliphatic heterocycles. The zero-order valence-electron chi connectivity index (χ0n) is 10.1. The molecule has 0 heterocycles. The third-order valence-corrected chi connectivity index (χ3v) is 3.57. The number of unbranched alkanes of at least 4 members (excludes halogenated alkanes) is 2. The highest BCUT2D eigenvalue weighted by Gasteiger charge is 2.19. The molecule has 0 saturated heterocycles. The molecule has 0 unspecified atom stereocenters. The summed E-state index contributed by atoms with van der Waals surface area (Å²) in [6.07, 6.45) is 6.44. The monoisotopic (exact) mass is 345 g/mol. The van der Waals surface area contributed by atoms with Crippen LogP contribution < -0.4 is 10.1 Å². The molecule has 1 N–H and O–H groups in total. The van der Waals surface area contributed by atoms with Crippen molar-refractivity contribution in [2.24, 2.45) is 0 Å². The van der Waals surface area contributed by atoms with E-state index in [9.17, 15) is 0 Å². The Bertz CT molecular complexity index is 339. The van der Waals surface area contributed by atoms with E-state index in [4.69, 9.17) is 4.74 Å². The van der Waals surface area contributed by atoms with Crippen molar-refractivity contribution in [2.45, 2.75) is 38.1 Å². The molecule has 1 aliphatic rings. The van der Waals surface area contributed by atoms with Crippen molar-refractivity contribution in [3.8, 4) is 5.75 Å². The second kappa shape index (κ2) is 7.21. The molecule has 0 amide bonds. The Morgan fingerprint density at radius 1 is 1.24 bits per heavy atom. The van der Waals surface area contributed by atoms with Crippen LogP contribution in [-0.2, 0) is 0 Å². The number of rotatable bonds is 8. The summed E-state index contributed by atoms with van der Waals surface area (Å²) in [6.45, 7) is 2.01. The van der Waals surface area contributed by atoms with Gasteiger partial charge in [0, 0.05) is 9.61 Å². The van der Waals surface area contributed by atoms with Crippen LogP contribution in [0.5, 0.6) is 5.75 Å². The van der Waals surface area contributed by atoms with E-state index < -0.39 is 0 Å². The lowest BCUT2D eigenvalue weighted by atomic mass is 10.2. The molecule has 2 nitrogen and oxygen atoms in total. The standard InChI is InChI=1S/C14H20INO/c15-12-5-4-6-14(11-12)17-10-3-1-2-9-16-13-7-8-13/h4-6,11,13,16H,1-3,7-10H2. The number of nitrogens with one attached hydrogen (secondary N) is 1. The van der Waals surface area contributed by atoms with E-state index in [0.717, 1.165) is 24.8 Å². The first-order valence-electron chi connectivity index (χ1n) is 6.46. The molecule has 1 aliphatic carbocycles. The van der Waals surface area contributed by atoms with Crippen LogP contribution in [0.2, 0.25) is 0 Å². The van der Waals surface area contributed by atoms with Crippen LogP contribution in [0.15, 0.2) is 24.3 Å². The van der Waals surface area contributed by atoms with Gasteiger partial charge in [-0.05, 0) is 79.4 Å². The molecule has 0 aromatic heterocycles. The quantitative estimate of drug-likeness (QED) is 0.574. The largest absolute Gasteiger partial charge is 0.494 e. The first kappa shape index (κ1) is 13.1. The van der Waals surface area contributed by atoms with E-state index in [-0.39, 0.29) is 0 Å². The molecule has 1 aromatic rings. The Labute approximate surface area is 117 Å². The van der Waals surface area contributed by atoms with E-state index in [2.05, 4.69) is 40.0 Å².